The molecule has 2 nitrogen and oxygen atoms in total. The molecule has 1 fully saturated rings. The van der Waals surface area contributed by atoms with E-state index in [9.17, 15) is 0 Å². The SMILES string of the molecule is c1ccc2c([C@H]3COCCN3)c3ccccc3cc2c1. The van der Waals surface area contributed by atoms with Crippen molar-refractivity contribution in [3.8, 4) is 0 Å². The highest BCUT2D eigenvalue weighted by atomic mass is 16.5. The third kappa shape index (κ3) is 1.89. The van der Waals surface area contributed by atoms with E-state index in [1.807, 2.05) is 0 Å². The number of fused-ring (bicyclic) bond motifs is 2. The van der Waals surface area contributed by atoms with Gasteiger partial charge in [-0.1, -0.05) is 48.5 Å². The van der Waals surface area contributed by atoms with Gasteiger partial charge in [0.1, 0.15) is 0 Å². The van der Waals surface area contributed by atoms with Gasteiger partial charge < -0.3 is 10.1 Å². The van der Waals surface area contributed by atoms with Crippen LogP contribution in [0.5, 0.6) is 0 Å². The lowest BCUT2D eigenvalue weighted by Crippen LogP contribution is -2.34. The van der Waals surface area contributed by atoms with Gasteiger partial charge in [-0.25, -0.2) is 0 Å². The molecule has 0 aromatic heterocycles. The van der Waals surface area contributed by atoms with E-state index in [2.05, 4.69) is 59.9 Å². The molecule has 0 bridgehead atoms. The average Bonchev–Trinajstić information content (AvgIpc) is 2.53. The Kier molecular flexibility index (Phi) is 2.91. The van der Waals surface area contributed by atoms with Crippen LogP contribution in [0.3, 0.4) is 0 Å². The van der Waals surface area contributed by atoms with Crippen molar-refractivity contribution in [2.24, 2.45) is 0 Å². The van der Waals surface area contributed by atoms with Gasteiger partial charge >= 0.3 is 0 Å². The first-order valence-corrected chi connectivity index (χ1v) is 7.15. The molecule has 0 radical (unpaired) electrons. The van der Waals surface area contributed by atoms with Crippen LogP contribution in [0, 0.1) is 0 Å². The summed E-state index contributed by atoms with van der Waals surface area (Å²) in [5.41, 5.74) is 1.37. The molecule has 3 aromatic rings. The highest BCUT2D eigenvalue weighted by molar-refractivity contribution is 6.02. The van der Waals surface area contributed by atoms with Crippen molar-refractivity contribution in [1.29, 1.82) is 0 Å². The molecule has 1 heterocycles. The van der Waals surface area contributed by atoms with E-state index in [0.29, 0.717) is 0 Å². The number of hydrogen-bond acceptors (Lipinski definition) is 2. The number of morpholine rings is 1. The van der Waals surface area contributed by atoms with Gasteiger partial charge in [0.25, 0.3) is 0 Å². The van der Waals surface area contributed by atoms with Crippen molar-refractivity contribution < 1.29 is 4.74 Å². The van der Waals surface area contributed by atoms with Crippen molar-refractivity contribution in [2.45, 2.75) is 6.04 Å². The van der Waals surface area contributed by atoms with Crippen LogP contribution in [0.25, 0.3) is 21.5 Å². The molecule has 20 heavy (non-hydrogen) atoms. The Bertz CT molecular complexity index is 706. The molecular formula is C18H17NO. The second-order valence-electron chi connectivity index (χ2n) is 5.31. The first-order valence-electron chi connectivity index (χ1n) is 7.15. The summed E-state index contributed by atoms with van der Waals surface area (Å²) in [6.07, 6.45) is 0. The third-order valence-corrected chi connectivity index (χ3v) is 4.08. The molecule has 1 saturated heterocycles. The lowest BCUT2D eigenvalue weighted by Gasteiger charge is -2.26. The molecule has 3 aromatic carbocycles. The molecule has 0 unspecified atom stereocenters. The lowest BCUT2D eigenvalue weighted by atomic mass is 9.92. The van der Waals surface area contributed by atoms with Gasteiger partial charge in [0, 0.05) is 6.54 Å². The summed E-state index contributed by atoms with van der Waals surface area (Å²) < 4.78 is 5.67. The van der Waals surface area contributed by atoms with Crippen LogP contribution in [-0.2, 0) is 4.74 Å². The number of benzene rings is 3. The Morgan fingerprint density at radius 1 is 0.900 bits per heavy atom. The zero-order valence-electron chi connectivity index (χ0n) is 11.3. The topological polar surface area (TPSA) is 21.3 Å². The maximum absolute atomic E-state index is 5.67. The van der Waals surface area contributed by atoms with E-state index < -0.39 is 0 Å². The predicted octanol–water partition coefficient (Wildman–Crippen LogP) is 3.65. The zero-order chi connectivity index (χ0) is 13.4. The van der Waals surface area contributed by atoms with E-state index >= 15 is 0 Å². The summed E-state index contributed by atoms with van der Waals surface area (Å²) in [4.78, 5) is 0. The molecule has 1 atom stereocenters. The fourth-order valence-corrected chi connectivity index (χ4v) is 3.18. The highest BCUT2D eigenvalue weighted by Gasteiger charge is 2.20. The van der Waals surface area contributed by atoms with E-state index in [1.165, 1.54) is 27.1 Å². The number of rotatable bonds is 1. The smallest absolute Gasteiger partial charge is 0.0662 e. The molecule has 100 valence electrons. The van der Waals surface area contributed by atoms with Gasteiger partial charge in [0.2, 0.25) is 0 Å². The van der Waals surface area contributed by atoms with Gasteiger partial charge in [-0.15, -0.1) is 0 Å². The standard InChI is InChI=1S/C18H17NO/c1-3-7-15-13(5-1)11-14-6-2-4-8-16(14)18(15)17-12-20-10-9-19-17/h1-8,11,17,19H,9-10,12H2/t17-/m1/s1. The van der Waals surface area contributed by atoms with Crippen LogP contribution in [0.15, 0.2) is 54.6 Å². The highest BCUT2D eigenvalue weighted by Crippen LogP contribution is 2.33. The Labute approximate surface area is 118 Å². The van der Waals surface area contributed by atoms with Crippen LogP contribution >= 0.6 is 0 Å². The Hall–Kier alpha value is -1.90. The van der Waals surface area contributed by atoms with Crippen molar-refractivity contribution in [2.75, 3.05) is 19.8 Å². The summed E-state index contributed by atoms with van der Waals surface area (Å²) in [6, 6.07) is 19.8. The average molecular weight is 263 g/mol. The number of ether oxygens (including phenoxy) is 1. The molecule has 2 heteroatoms. The third-order valence-electron chi connectivity index (χ3n) is 4.08. The van der Waals surface area contributed by atoms with Gasteiger partial charge in [-0.3, -0.25) is 0 Å². The van der Waals surface area contributed by atoms with Crippen molar-refractivity contribution in [3.05, 3.63) is 60.2 Å². The number of nitrogens with one attached hydrogen (secondary N) is 1. The summed E-state index contributed by atoms with van der Waals surface area (Å²) in [6.45, 7) is 2.47. The monoisotopic (exact) mass is 263 g/mol. The van der Waals surface area contributed by atoms with E-state index in [-0.39, 0.29) is 6.04 Å². The van der Waals surface area contributed by atoms with Crippen molar-refractivity contribution in [3.63, 3.8) is 0 Å². The minimum Gasteiger partial charge on any atom is -0.378 e. The van der Waals surface area contributed by atoms with Crippen LogP contribution in [0.4, 0.5) is 0 Å². The fourth-order valence-electron chi connectivity index (χ4n) is 3.18. The molecule has 0 spiro atoms. The largest absolute Gasteiger partial charge is 0.378 e. The first-order chi connectivity index (χ1) is 9.93. The summed E-state index contributed by atoms with van der Waals surface area (Å²) >= 11 is 0. The first kappa shape index (κ1) is 11.9. The van der Waals surface area contributed by atoms with Crippen LogP contribution < -0.4 is 5.32 Å². The number of hydrogen-bond donors (Lipinski definition) is 1. The van der Waals surface area contributed by atoms with Crippen LogP contribution in [0.2, 0.25) is 0 Å². The molecule has 0 amide bonds. The normalized spacial score (nSPS) is 19.5. The van der Waals surface area contributed by atoms with Crippen molar-refractivity contribution in [1.82, 2.24) is 5.32 Å². The molecule has 4 rings (SSSR count). The second-order valence-corrected chi connectivity index (χ2v) is 5.31. The molecular weight excluding hydrogens is 246 g/mol. The van der Waals surface area contributed by atoms with Gasteiger partial charge in [-0.05, 0) is 33.2 Å². The lowest BCUT2D eigenvalue weighted by molar-refractivity contribution is 0.0777. The summed E-state index contributed by atoms with van der Waals surface area (Å²) in [5, 5.41) is 8.85. The minimum atomic E-state index is 0.278. The Morgan fingerprint density at radius 3 is 2.15 bits per heavy atom. The molecule has 1 aliphatic heterocycles. The summed E-state index contributed by atoms with van der Waals surface area (Å²) in [7, 11) is 0. The maximum Gasteiger partial charge on any atom is 0.0662 e. The maximum atomic E-state index is 5.67. The van der Waals surface area contributed by atoms with E-state index in [4.69, 9.17) is 4.74 Å². The quantitative estimate of drug-likeness (QED) is 0.677. The molecule has 1 aliphatic rings. The van der Waals surface area contributed by atoms with E-state index in [1.54, 1.807) is 0 Å². The van der Waals surface area contributed by atoms with Gasteiger partial charge in [-0.2, -0.15) is 0 Å². The van der Waals surface area contributed by atoms with Crippen LogP contribution in [-0.4, -0.2) is 19.8 Å². The fraction of sp³-hybridized carbons (Fsp3) is 0.222. The van der Waals surface area contributed by atoms with Gasteiger partial charge in [0.05, 0.1) is 19.3 Å². The van der Waals surface area contributed by atoms with Crippen molar-refractivity contribution >= 4 is 21.5 Å². The Balaban J connectivity index is 2.06. The second kappa shape index (κ2) is 4.89. The summed E-state index contributed by atoms with van der Waals surface area (Å²) in [5.74, 6) is 0. The van der Waals surface area contributed by atoms with Crippen LogP contribution in [0.1, 0.15) is 11.6 Å². The zero-order valence-corrected chi connectivity index (χ0v) is 11.3. The predicted molar refractivity (Wildman–Crippen MR) is 83.0 cm³/mol. The van der Waals surface area contributed by atoms with Gasteiger partial charge in [0.15, 0.2) is 0 Å². The molecule has 1 N–H and O–H groups in total. The molecule has 0 saturated carbocycles. The molecule has 0 aliphatic carbocycles. The Morgan fingerprint density at radius 2 is 1.55 bits per heavy atom. The van der Waals surface area contributed by atoms with E-state index in [0.717, 1.165) is 19.8 Å². The minimum absolute atomic E-state index is 0.278.